The van der Waals surface area contributed by atoms with Gasteiger partial charge in [-0.05, 0) is 20.3 Å². The molecule has 1 saturated heterocycles. The molecular weight excluding hydrogens is 196 g/mol. The summed E-state index contributed by atoms with van der Waals surface area (Å²) in [6.07, 6.45) is 2.83. The summed E-state index contributed by atoms with van der Waals surface area (Å²) >= 11 is 0. The zero-order chi connectivity index (χ0) is 10.9. The van der Waals surface area contributed by atoms with Gasteiger partial charge in [-0.25, -0.2) is 0 Å². The van der Waals surface area contributed by atoms with Crippen LogP contribution < -0.4 is 0 Å². The maximum absolute atomic E-state index is 5.41. The van der Waals surface area contributed by atoms with E-state index in [1.54, 1.807) is 0 Å². The Hall–Kier alpha value is -0.160. The van der Waals surface area contributed by atoms with Crippen molar-refractivity contribution in [2.24, 2.45) is 0 Å². The van der Waals surface area contributed by atoms with Crippen LogP contribution in [0.5, 0.6) is 0 Å². The Balaban J connectivity index is 1.89. The molecule has 1 fully saturated rings. The van der Waals surface area contributed by atoms with Gasteiger partial charge in [0.05, 0.1) is 13.2 Å². The lowest BCUT2D eigenvalue weighted by Crippen LogP contribution is -2.10. The summed E-state index contributed by atoms with van der Waals surface area (Å²) in [7, 11) is 0. The van der Waals surface area contributed by atoms with Crippen LogP contribution in [0.15, 0.2) is 0 Å². The van der Waals surface area contributed by atoms with Crippen LogP contribution in [-0.2, 0) is 18.9 Å². The molecule has 1 unspecified atom stereocenters. The van der Waals surface area contributed by atoms with Crippen LogP contribution in [-0.4, -0.2) is 39.1 Å². The highest BCUT2D eigenvalue weighted by Gasteiger charge is 2.22. The van der Waals surface area contributed by atoms with Crippen molar-refractivity contribution in [1.82, 2.24) is 0 Å². The van der Waals surface area contributed by atoms with E-state index in [-0.39, 0.29) is 0 Å². The zero-order valence-electron chi connectivity index (χ0n) is 9.66. The molecule has 1 aliphatic rings. The maximum Gasteiger partial charge on any atom is 0.223 e. The highest BCUT2D eigenvalue weighted by atomic mass is 16.7. The molecule has 1 rings (SSSR count). The number of rotatable bonds is 10. The average Bonchev–Trinajstić information content (AvgIpc) is 3.02. The third kappa shape index (κ3) is 6.84. The van der Waals surface area contributed by atoms with Crippen LogP contribution in [0.1, 0.15) is 26.7 Å². The molecule has 89 valence electrons. The Morgan fingerprint density at radius 2 is 1.93 bits per heavy atom. The molecule has 0 N–H and O–H groups in total. The van der Waals surface area contributed by atoms with Crippen LogP contribution >= 0.6 is 0 Å². The van der Waals surface area contributed by atoms with Gasteiger partial charge >= 0.3 is 0 Å². The van der Waals surface area contributed by atoms with Gasteiger partial charge in [0, 0.05) is 26.2 Å². The van der Waals surface area contributed by atoms with Gasteiger partial charge in [-0.15, -0.1) is 0 Å². The van der Waals surface area contributed by atoms with Crippen LogP contribution in [0.3, 0.4) is 0 Å². The molecule has 4 nitrogen and oxygen atoms in total. The van der Waals surface area contributed by atoms with E-state index < -0.39 is 0 Å². The summed E-state index contributed by atoms with van der Waals surface area (Å²) in [5.41, 5.74) is 0. The SMILES string of the molecule is CCO[C](CCCOCC1CO1)OCC. The molecule has 1 heterocycles. The lowest BCUT2D eigenvalue weighted by Gasteiger charge is -2.14. The first kappa shape index (κ1) is 12.9. The lowest BCUT2D eigenvalue weighted by atomic mass is 10.3. The van der Waals surface area contributed by atoms with Gasteiger partial charge in [-0.3, -0.25) is 0 Å². The van der Waals surface area contributed by atoms with E-state index in [0.717, 1.165) is 39.0 Å². The predicted molar refractivity (Wildman–Crippen MR) is 56.3 cm³/mol. The Bertz CT molecular complexity index is 142. The average molecular weight is 217 g/mol. The van der Waals surface area contributed by atoms with Crippen molar-refractivity contribution < 1.29 is 18.9 Å². The highest BCUT2D eigenvalue weighted by molar-refractivity contribution is 4.68. The summed E-state index contributed by atoms with van der Waals surface area (Å²) in [5, 5.41) is 0. The van der Waals surface area contributed by atoms with E-state index in [4.69, 9.17) is 18.9 Å². The molecule has 1 aliphatic heterocycles. The second-order valence-electron chi connectivity index (χ2n) is 3.37. The van der Waals surface area contributed by atoms with Gasteiger partial charge in [0.25, 0.3) is 0 Å². The molecule has 4 heteroatoms. The van der Waals surface area contributed by atoms with Gasteiger partial charge in [-0.1, -0.05) is 0 Å². The summed E-state index contributed by atoms with van der Waals surface area (Å²) in [6, 6.07) is 0. The minimum absolute atomic E-state index is 0.354. The van der Waals surface area contributed by atoms with Crippen LogP contribution in [0.4, 0.5) is 0 Å². The minimum atomic E-state index is 0.354. The van der Waals surface area contributed by atoms with E-state index in [1.807, 2.05) is 13.8 Å². The maximum atomic E-state index is 5.41. The first-order valence-electron chi connectivity index (χ1n) is 5.67. The fourth-order valence-corrected chi connectivity index (χ4v) is 1.21. The smallest absolute Gasteiger partial charge is 0.223 e. The van der Waals surface area contributed by atoms with Gasteiger partial charge < -0.3 is 18.9 Å². The van der Waals surface area contributed by atoms with Crippen molar-refractivity contribution in [2.45, 2.75) is 32.8 Å². The molecule has 0 spiro atoms. The molecular formula is C11H21O4. The molecule has 0 amide bonds. The summed E-state index contributed by atoms with van der Waals surface area (Å²) < 4.78 is 21.1. The molecule has 0 bridgehead atoms. The number of hydrogen-bond donors (Lipinski definition) is 0. The van der Waals surface area contributed by atoms with Gasteiger partial charge in [0.1, 0.15) is 6.10 Å². The fourth-order valence-electron chi connectivity index (χ4n) is 1.21. The van der Waals surface area contributed by atoms with Crippen molar-refractivity contribution in [1.29, 1.82) is 0 Å². The Labute approximate surface area is 91.8 Å². The molecule has 0 aliphatic carbocycles. The van der Waals surface area contributed by atoms with Crippen molar-refractivity contribution in [3.63, 3.8) is 0 Å². The topological polar surface area (TPSA) is 40.2 Å². The molecule has 1 radical (unpaired) electrons. The summed E-state index contributed by atoms with van der Waals surface area (Å²) in [6.45, 7) is 7.55. The second-order valence-corrected chi connectivity index (χ2v) is 3.37. The van der Waals surface area contributed by atoms with Crippen molar-refractivity contribution >= 4 is 0 Å². The normalized spacial score (nSPS) is 19.8. The predicted octanol–water partition coefficient (Wildman–Crippen LogP) is 1.74. The highest BCUT2D eigenvalue weighted by Crippen LogP contribution is 2.13. The van der Waals surface area contributed by atoms with E-state index in [2.05, 4.69) is 0 Å². The molecule has 0 saturated carbocycles. The van der Waals surface area contributed by atoms with E-state index >= 15 is 0 Å². The van der Waals surface area contributed by atoms with E-state index in [9.17, 15) is 0 Å². The number of hydrogen-bond acceptors (Lipinski definition) is 4. The molecule has 15 heavy (non-hydrogen) atoms. The monoisotopic (exact) mass is 217 g/mol. The first-order chi connectivity index (χ1) is 7.36. The summed E-state index contributed by atoms with van der Waals surface area (Å²) in [5.74, 6) is 0. The molecule has 0 aromatic heterocycles. The van der Waals surface area contributed by atoms with Gasteiger partial charge in [0.15, 0.2) is 0 Å². The standard InChI is InChI=1S/C11H21O4/c1-3-13-11(14-4-2)6-5-7-12-8-10-9-15-10/h10H,3-9H2,1-2H3. The zero-order valence-corrected chi connectivity index (χ0v) is 9.66. The van der Waals surface area contributed by atoms with Crippen molar-refractivity contribution in [3.8, 4) is 0 Å². The Morgan fingerprint density at radius 3 is 2.47 bits per heavy atom. The second kappa shape index (κ2) is 8.05. The minimum Gasteiger partial charge on any atom is -0.379 e. The summed E-state index contributed by atoms with van der Waals surface area (Å²) in [4.78, 5) is 0. The quantitative estimate of drug-likeness (QED) is 0.413. The van der Waals surface area contributed by atoms with Gasteiger partial charge in [-0.2, -0.15) is 0 Å². The third-order valence-corrected chi connectivity index (χ3v) is 1.99. The van der Waals surface area contributed by atoms with Crippen molar-refractivity contribution in [2.75, 3.05) is 33.0 Å². The Morgan fingerprint density at radius 1 is 1.27 bits per heavy atom. The first-order valence-corrected chi connectivity index (χ1v) is 5.67. The third-order valence-electron chi connectivity index (χ3n) is 1.99. The molecule has 0 aromatic carbocycles. The Kier molecular flexibility index (Phi) is 6.92. The van der Waals surface area contributed by atoms with E-state index in [0.29, 0.717) is 19.3 Å². The lowest BCUT2D eigenvalue weighted by molar-refractivity contribution is -0.0461. The van der Waals surface area contributed by atoms with Crippen LogP contribution in [0.25, 0.3) is 0 Å². The fraction of sp³-hybridized carbons (Fsp3) is 0.909. The number of epoxide rings is 1. The van der Waals surface area contributed by atoms with Crippen LogP contribution in [0, 0.1) is 6.29 Å². The number of ether oxygens (including phenoxy) is 4. The van der Waals surface area contributed by atoms with E-state index in [1.165, 1.54) is 0 Å². The molecule has 0 aromatic rings. The van der Waals surface area contributed by atoms with Gasteiger partial charge in [0.2, 0.25) is 6.29 Å². The largest absolute Gasteiger partial charge is 0.379 e. The van der Waals surface area contributed by atoms with Crippen molar-refractivity contribution in [3.05, 3.63) is 6.29 Å². The van der Waals surface area contributed by atoms with Crippen LogP contribution in [0.2, 0.25) is 0 Å². The molecule has 1 atom stereocenters.